The first-order chi connectivity index (χ1) is 24.3. The molecule has 2 atom stereocenters. The van der Waals surface area contributed by atoms with Gasteiger partial charge in [-0.25, -0.2) is 13.6 Å². The molecule has 1 N–H and O–H groups in total. The average molecular weight is 747 g/mol. The van der Waals surface area contributed by atoms with Crippen molar-refractivity contribution in [3.63, 3.8) is 0 Å². The molecule has 2 fully saturated rings. The second-order valence-corrected chi connectivity index (χ2v) is 15.3. The molecule has 0 spiro atoms. The van der Waals surface area contributed by atoms with Gasteiger partial charge in [-0.2, -0.15) is 21.6 Å². The molecule has 2 aromatic rings. The van der Waals surface area contributed by atoms with E-state index in [4.69, 9.17) is 9.47 Å². The van der Waals surface area contributed by atoms with Crippen molar-refractivity contribution in [2.75, 3.05) is 26.3 Å². The van der Waals surface area contributed by atoms with Gasteiger partial charge in [0.15, 0.2) is 23.1 Å². The minimum absolute atomic E-state index is 0.0168. The van der Waals surface area contributed by atoms with Crippen molar-refractivity contribution in [1.29, 1.82) is 0 Å². The van der Waals surface area contributed by atoms with Gasteiger partial charge in [-0.15, -0.1) is 0 Å². The van der Waals surface area contributed by atoms with Crippen LogP contribution in [-0.4, -0.2) is 85.3 Å². The number of benzene rings is 2. The fraction of sp³-hybridized carbons (Fsp3) is 0.639. The fourth-order valence-corrected chi connectivity index (χ4v) is 8.51. The molecular formula is C36H47F5N2O7S. The fourth-order valence-electron chi connectivity index (χ4n) is 8.02. The van der Waals surface area contributed by atoms with Crippen LogP contribution in [0.4, 0.5) is 22.0 Å². The summed E-state index contributed by atoms with van der Waals surface area (Å²) in [4.78, 5) is 16.2. The molecule has 0 unspecified atom stereocenters. The monoisotopic (exact) mass is 746 g/mol. The summed E-state index contributed by atoms with van der Waals surface area (Å²) in [5, 5.41) is 9.38. The number of carboxylic acids is 1. The molecule has 0 radical (unpaired) electrons. The number of fused-ring (bicyclic) bond motifs is 2. The highest BCUT2D eigenvalue weighted by Crippen LogP contribution is 2.40. The molecule has 2 aliphatic heterocycles. The number of hydrogen-bond donors (Lipinski definition) is 1. The zero-order valence-corrected chi connectivity index (χ0v) is 29.8. The van der Waals surface area contributed by atoms with Crippen LogP contribution in [-0.2, 0) is 23.0 Å². The Kier molecular flexibility index (Phi) is 12.8. The minimum atomic E-state index is -5.85. The molecule has 51 heavy (non-hydrogen) atoms. The lowest BCUT2D eigenvalue weighted by Crippen LogP contribution is -2.48. The lowest BCUT2D eigenvalue weighted by molar-refractivity contribution is -0.0500. The first-order valence-electron chi connectivity index (χ1n) is 17.9. The molecule has 4 aliphatic rings. The molecule has 284 valence electrons. The lowest BCUT2D eigenvalue weighted by Gasteiger charge is -2.39. The maximum atomic E-state index is 14.1. The van der Waals surface area contributed by atoms with Crippen molar-refractivity contribution in [2.24, 2.45) is 0 Å². The van der Waals surface area contributed by atoms with Crippen LogP contribution in [0.1, 0.15) is 99.5 Å². The van der Waals surface area contributed by atoms with Crippen molar-refractivity contribution in [3.05, 3.63) is 52.6 Å². The summed E-state index contributed by atoms with van der Waals surface area (Å²) in [5.41, 5.74) is -4.88. The number of ether oxygens (including phenoxy) is 2. The minimum Gasteiger partial charge on any atom is -0.489 e. The van der Waals surface area contributed by atoms with Crippen LogP contribution >= 0.6 is 0 Å². The zero-order valence-electron chi connectivity index (χ0n) is 29.0. The van der Waals surface area contributed by atoms with Gasteiger partial charge in [-0.05, 0) is 88.7 Å². The van der Waals surface area contributed by atoms with Crippen molar-refractivity contribution in [1.82, 2.24) is 9.80 Å². The van der Waals surface area contributed by atoms with Gasteiger partial charge < -0.3 is 18.8 Å². The van der Waals surface area contributed by atoms with E-state index in [0.717, 1.165) is 63.7 Å². The van der Waals surface area contributed by atoms with Crippen LogP contribution in [0.25, 0.3) is 0 Å². The van der Waals surface area contributed by atoms with E-state index in [1.807, 2.05) is 6.92 Å². The molecule has 0 bridgehead atoms. The molecule has 0 aromatic heterocycles. The largest absolute Gasteiger partial charge is 0.534 e. The Morgan fingerprint density at radius 3 is 1.69 bits per heavy atom. The van der Waals surface area contributed by atoms with E-state index in [9.17, 15) is 40.3 Å². The smallest absolute Gasteiger partial charge is 0.489 e. The van der Waals surface area contributed by atoms with E-state index in [1.54, 1.807) is 0 Å². The average Bonchev–Trinajstić information content (AvgIpc) is 3.83. The van der Waals surface area contributed by atoms with Crippen LogP contribution in [0.2, 0.25) is 0 Å². The third kappa shape index (κ3) is 8.90. The molecule has 0 saturated heterocycles. The summed E-state index contributed by atoms with van der Waals surface area (Å²) in [5.74, 6) is -2.90. The highest BCUT2D eigenvalue weighted by atomic mass is 32.2. The summed E-state index contributed by atoms with van der Waals surface area (Å²) in [6, 6.07) is 5.12. The van der Waals surface area contributed by atoms with Crippen molar-refractivity contribution < 1.29 is 53.9 Å². The molecule has 2 aromatic carbocycles. The van der Waals surface area contributed by atoms with E-state index in [2.05, 4.69) is 20.9 Å². The summed E-state index contributed by atoms with van der Waals surface area (Å²) in [6.07, 6.45) is 11.8. The van der Waals surface area contributed by atoms with Crippen molar-refractivity contribution in [2.45, 2.75) is 121 Å². The Hall–Kier alpha value is -3.17. The molecule has 6 rings (SSSR count). The normalized spacial score (nSPS) is 21.0. The Bertz CT molecular complexity index is 1630. The summed E-state index contributed by atoms with van der Waals surface area (Å²) < 4.78 is 105. The standard InChI is InChI=1S/C18H23F4NO4S.C18H24FNO3/c1-2-9-23(12-5-3-4-6-12)13-10-14-16(27-28(24,25)18(20,21)22)8-7-15(19)17(14)26-11-13;1-2-9-20(12-5-3-4-6-12)13-10-15-14(18(21)22)7-8-16(19)17(15)23-11-13/h7-8,12-13H,2-6,9-11H2,1H3;7-8,12-13H,2-6,9-11H2,1H3,(H,21,22)/t2*13-/m11/s1. The van der Waals surface area contributed by atoms with Crippen LogP contribution in [0.15, 0.2) is 24.3 Å². The number of aromatic carboxylic acids is 1. The van der Waals surface area contributed by atoms with E-state index >= 15 is 0 Å². The predicted octanol–water partition coefficient (Wildman–Crippen LogP) is 7.49. The van der Waals surface area contributed by atoms with Gasteiger partial charge in [0.1, 0.15) is 19.0 Å². The molecule has 9 nitrogen and oxygen atoms in total. The third-order valence-corrected chi connectivity index (χ3v) is 11.3. The lowest BCUT2D eigenvalue weighted by atomic mass is 9.94. The summed E-state index contributed by atoms with van der Waals surface area (Å²) in [6.45, 7) is 6.57. The highest BCUT2D eigenvalue weighted by Gasteiger charge is 2.49. The van der Waals surface area contributed by atoms with Gasteiger partial charge in [-0.3, -0.25) is 9.80 Å². The van der Waals surface area contributed by atoms with Crippen LogP contribution in [0, 0.1) is 11.6 Å². The predicted molar refractivity (Wildman–Crippen MR) is 180 cm³/mol. The van der Waals surface area contributed by atoms with E-state index < -0.39 is 39.0 Å². The molecule has 2 aliphatic carbocycles. The molecule has 15 heteroatoms. The summed E-state index contributed by atoms with van der Waals surface area (Å²) in [7, 11) is -5.85. The Morgan fingerprint density at radius 2 is 1.24 bits per heavy atom. The number of carbonyl (C=O) groups is 1. The van der Waals surface area contributed by atoms with Gasteiger partial charge in [0.05, 0.1) is 5.56 Å². The maximum Gasteiger partial charge on any atom is 0.534 e. The van der Waals surface area contributed by atoms with Gasteiger partial charge in [0, 0.05) is 35.3 Å². The second kappa shape index (κ2) is 16.7. The Morgan fingerprint density at radius 1 is 0.784 bits per heavy atom. The number of rotatable bonds is 11. The highest BCUT2D eigenvalue weighted by molar-refractivity contribution is 7.88. The molecular weight excluding hydrogens is 699 g/mol. The van der Waals surface area contributed by atoms with Gasteiger partial charge in [-0.1, -0.05) is 39.5 Å². The van der Waals surface area contributed by atoms with E-state index in [1.165, 1.54) is 37.8 Å². The maximum absolute atomic E-state index is 14.1. The Balaban J connectivity index is 0.000000201. The first kappa shape index (κ1) is 39.0. The van der Waals surface area contributed by atoms with E-state index in [-0.39, 0.29) is 47.7 Å². The van der Waals surface area contributed by atoms with E-state index in [0.29, 0.717) is 30.7 Å². The van der Waals surface area contributed by atoms with Gasteiger partial charge >= 0.3 is 21.6 Å². The van der Waals surface area contributed by atoms with Crippen LogP contribution < -0.4 is 13.7 Å². The third-order valence-electron chi connectivity index (χ3n) is 10.3. The summed E-state index contributed by atoms with van der Waals surface area (Å²) >= 11 is 0. The van der Waals surface area contributed by atoms with Crippen LogP contribution in [0.5, 0.6) is 17.2 Å². The number of hydrogen-bond acceptors (Lipinski definition) is 8. The second-order valence-electron chi connectivity index (χ2n) is 13.7. The van der Waals surface area contributed by atoms with Crippen LogP contribution in [0.3, 0.4) is 0 Å². The van der Waals surface area contributed by atoms with Crippen molar-refractivity contribution >= 4 is 16.1 Å². The molecule has 2 heterocycles. The molecule has 0 amide bonds. The zero-order chi connectivity index (χ0) is 36.9. The molecule has 2 saturated carbocycles. The van der Waals surface area contributed by atoms with Gasteiger partial charge in [0.25, 0.3) is 0 Å². The SMILES string of the molecule is CCCN(C1CCCC1)[C@H]1COc2c(F)ccc(C(=O)O)c2C1.CCCN(C1CCCC1)[C@H]1COc2c(F)ccc(OS(=O)(=O)C(F)(F)F)c2C1. The number of carboxylic acid groups (broad SMARTS) is 1. The van der Waals surface area contributed by atoms with Crippen molar-refractivity contribution in [3.8, 4) is 17.2 Å². The van der Waals surface area contributed by atoms with Gasteiger partial charge in [0.2, 0.25) is 0 Å². The number of nitrogens with zero attached hydrogens (tertiary/aromatic N) is 2. The topological polar surface area (TPSA) is 106 Å². The quantitative estimate of drug-likeness (QED) is 0.142. The number of halogens is 5. The first-order valence-corrected chi connectivity index (χ1v) is 19.3. The Labute approximate surface area is 296 Å². The number of alkyl halides is 3.